The van der Waals surface area contributed by atoms with Crippen LogP contribution in [0.25, 0.3) is 11.0 Å². The van der Waals surface area contributed by atoms with Gasteiger partial charge in [-0.05, 0) is 48.8 Å². The molecule has 3 aromatic rings. The second kappa shape index (κ2) is 6.36. The van der Waals surface area contributed by atoms with Crippen molar-refractivity contribution in [2.45, 2.75) is 18.9 Å². The molecule has 0 bridgehead atoms. The van der Waals surface area contributed by atoms with Crippen LogP contribution in [0.2, 0.25) is 0 Å². The lowest BCUT2D eigenvalue weighted by atomic mass is 10.1. The fraction of sp³-hybridized carbons (Fsp3) is 0.333. The van der Waals surface area contributed by atoms with E-state index in [-0.39, 0.29) is 11.9 Å². The van der Waals surface area contributed by atoms with Crippen LogP contribution in [-0.4, -0.2) is 22.0 Å². The van der Waals surface area contributed by atoms with E-state index in [1.54, 1.807) is 12.4 Å². The van der Waals surface area contributed by atoms with Gasteiger partial charge < -0.3 is 9.88 Å². The van der Waals surface area contributed by atoms with Gasteiger partial charge in [0.15, 0.2) is 11.6 Å². The topological polar surface area (TPSA) is 46.9 Å². The molecule has 1 N–H and O–H groups in total. The summed E-state index contributed by atoms with van der Waals surface area (Å²) in [6, 6.07) is 8.19. The number of hydrogen-bond donors (Lipinski definition) is 1. The zero-order chi connectivity index (χ0) is 19.4. The molecule has 2 fully saturated rings. The van der Waals surface area contributed by atoms with Gasteiger partial charge in [-0.15, -0.1) is 0 Å². The van der Waals surface area contributed by atoms with Crippen LogP contribution in [0.15, 0.2) is 42.7 Å². The van der Waals surface area contributed by atoms with Gasteiger partial charge in [0.1, 0.15) is 5.82 Å². The highest BCUT2D eigenvalue weighted by molar-refractivity contribution is 5.94. The molecular formula is C21H18F3N3O. The van der Waals surface area contributed by atoms with Crippen molar-refractivity contribution in [3.63, 3.8) is 0 Å². The average molecular weight is 385 g/mol. The van der Waals surface area contributed by atoms with Gasteiger partial charge in [0, 0.05) is 30.3 Å². The summed E-state index contributed by atoms with van der Waals surface area (Å²) in [5.74, 6) is -1.03. The maximum absolute atomic E-state index is 13.6. The molecule has 28 heavy (non-hydrogen) atoms. The Morgan fingerprint density at radius 2 is 1.86 bits per heavy atom. The molecule has 2 aromatic carbocycles. The van der Waals surface area contributed by atoms with E-state index >= 15 is 0 Å². The number of fused-ring (bicyclic) bond motifs is 2. The molecule has 2 aliphatic rings. The zero-order valence-electron chi connectivity index (χ0n) is 14.9. The monoisotopic (exact) mass is 385 g/mol. The molecule has 0 spiro atoms. The summed E-state index contributed by atoms with van der Waals surface area (Å²) in [6.45, 7) is 0.571. The van der Waals surface area contributed by atoms with Crippen molar-refractivity contribution in [3.8, 4) is 0 Å². The molecule has 4 atom stereocenters. The van der Waals surface area contributed by atoms with Crippen LogP contribution >= 0.6 is 0 Å². The van der Waals surface area contributed by atoms with Gasteiger partial charge in [0.2, 0.25) is 0 Å². The predicted molar refractivity (Wildman–Crippen MR) is 97.1 cm³/mol. The summed E-state index contributed by atoms with van der Waals surface area (Å²) in [4.78, 5) is 16.3. The SMILES string of the molecule is O=C(NCC1[C@H]2CC(n3cnc4cc(F)c(F)cc43)C[C@@H]12)c1cccc(F)c1. The standard InChI is InChI=1S/C21H18F3N3O/c22-12-3-1-2-11(4-12)21(28)25-9-16-14-5-13(6-15(14)16)27-10-26-19-7-17(23)18(24)8-20(19)27/h1-4,7-8,10,13-16H,5-6,9H2,(H,25,28)/t13?,14-,15+,16?. The first-order valence-corrected chi connectivity index (χ1v) is 9.36. The highest BCUT2D eigenvalue weighted by Crippen LogP contribution is 2.60. The summed E-state index contributed by atoms with van der Waals surface area (Å²) >= 11 is 0. The number of nitrogens with zero attached hydrogens (tertiary/aromatic N) is 2. The maximum atomic E-state index is 13.6. The lowest BCUT2D eigenvalue weighted by Crippen LogP contribution is -2.27. The second-order valence-corrected chi connectivity index (χ2v) is 7.74. The Balaban J connectivity index is 1.21. The first kappa shape index (κ1) is 17.3. The Morgan fingerprint density at radius 3 is 2.61 bits per heavy atom. The molecule has 2 unspecified atom stereocenters. The van der Waals surface area contributed by atoms with Crippen molar-refractivity contribution in [2.75, 3.05) is 6.54 Å². The molecule has 0 saturated heterocycles. The Hall–Kier alpha value is -2.83. The lowest BCUT2D eigenvalue weighted by Gasteiger charge is -2.17. The molecule has 1 aromatic heterocycles. The summed E-state index contributed by atoms with van der Waals surface area (Å²) in [6.07, 6.45) is 3.50. The predicted octanol–water partition coefficient (Wildman–Crippen LogP) is 4.08. The largest absolute Gasteiger partial charge is 0.352 e. The smallest absolute Gasteiger partial charge is 0.251 e. The van der Waals surface area contributed by atoms with Crippen LogP contribution in [0.1, 0.15) is 29.2 Å². The number of imidazole rings is 1. The van der Waals surface area contributed by atoms with Gasteiger partial charge in [-0.3, -0.25) is 4.79 Å². The quantitative estimate of drug-likeness (QED) is 0.736. The van der Waals surface area contributed by atoms with Gasteiger partial charge in [-0.2, -0.15) is 0 Å². The molecule has 7 heteroatoms. The summed E-state index contributed by atoms with van der Waals surface area (Å²) in [5.41, 5.74) is 1.39. The second-order valence-electron chi connectivity index (χ2n) is 7.74. The molecule has 5 rings (SSSR count). The minimum Gasteiger partial charge on any atom is -0.352 e. The van der Waals surface area contributed by atoms with E-state index in [1.807, 2.05) is 4.57 Å². The summed E-state index contributed by atoms with van der Waals surface area (Å²) in [5, 5.41) is 2.89. The van der Waals surface area contributed by atoms with E-state index in [2.05, 4.69) is 10.3 Å². The Labute approximate surface area is 159 Å². The maximum Gasteiger partial charge on any atom is 0.251 e. The third kappa shape index (κ3) is 2.85. The lowest BCUT2D eigenvalue weighted by molar-refractivity contribution is 0.0949. The van der Waals surface area contributed by atoms with E-state index < -0.39 is 17.5 Å². The number of benzene rings is 2. The Bertz CT molecular complexity index is 1070. The number of aromatic nitrogens is 2. The molecule has 1 amide bonds. The van der Waals surface area contributed by atoms with Crippen LogP contribution in [-0.2, 0) is 0 Å². The molecule has 2 saturated carbocycles. The minimum absolute atomic E-state index is 0.208. The number of amides is 1. The van der Waals surface area contributed by atoms with Gasteiger partial charge in [0.25, 0.3) is 5.91 Å². The average Bonchev–Trinajstić information content (AvgIpc) is 3.00. The molecule has 4 nitrogen and oxygen atoms in total. The van der Waals surface area contributed by atoms with Crippen molar-refractivity contribution in [1.29, 1.82) is 0 Å². The molecule has 144 valence electrons. The third-order valence-corrected chi connectivity index (χ3v) is 6.19. The zero-order valence-corrected chi connectivity index (χ0v) is 14.9. The molecule has 0 aliphatic heterocycles. The van der Waals surface area contributed by atoms with Gasteiger partial charge in [-0.25, -0.2) is 18.2 Å². The summed E-state index contributed by atoms with van der Waals surface area (Å²) in [7, 11) is 0. The van der Waals surface area contributed by atoms with Gasteiger partial charge >= 0.3 is 0 Å². The number of nitrogens with one attached hydrogen (secondary N) is 1. The van der Waals surface area contributed by atoms with Crippen LogP contribution < -0.4 is 5.32 Å². The molecule has 0 radical (unpaired) electrons. The minimum atomic E-state index is -0.888. The summed E-state index contributed by atoms with van der Waals surface area (Å²) < 4.78 is 42.1. The van der Waals surface area contributed by atoms with Crippen LogP contribution in [0.4, 0.5) is 13.2 Å². The first-order chi connectivity index (χ1) is 13.5. The van der Waals surface area contributed by atoms with Gasteiger partial charge in [0.05, 0.1) is 17.4 Å². The van der Waals surface area contributed by atoms with Crippen LogP contribution in [0, 0.1) is 35.2 Å². The van der Waals surface area contributed by atoms with Crippen molar-refractivity contribution >= 4 is 16.9 Å². The fourth-order valence-corrected chi connectivity index (χ4v) is 4.73. The van der Waals surface area contributed by atoms with Crippen molar-refractivity contribution in [1.82, 2.24) is 14.9 Å². The van der Waals surface area contributed by atoms with E-state index in [1.165, 1.54) is 24.3 Å². The molecular weight excluding hydrogens is 367 g/mol. The number of carbonyl (C=O) groups is 1. The molecule has 2 aliphatic carbocycles. The number of rotatable bonds is 4. The van der Waals surface area contributed by atoms with E-state index in [9.17, 15) is 18.0 Å². The van der Waals surface area contributed by atoms with Crippen molar-refractivity contribution < 1.29 is 18.0 Å². The Kier molecular flexibility index (Phi) is 3.92. The number of halogens is 3. The first-order valence-electron chi connectivity index (χ1n) is 9.36. The van der Waals surface area contributed by atoms with Crippen molar-refractivity contribution in [2.24, 2.45) is 17.8 Å². The van der Waals surface area contributed by atoms with Crippen LogP contribution in [0.3, 0.4) is 0 Å². The Morgan fingerprint density at radius 1 is 1.11 bits per heavy atom. The number of carbonyl (C=O) groups excluding carboxylic acids is 1. The third-order valence-electron chi connectivity index (χ3n) is 6.19. The van der Waals surface area contributed by atoms with Crippen LogP contribution in [0.5, 0.6) is 0 Å². The fourth-order valence-electron chi connectivity index (χ4n) is 4.73. The van der Waals surface area contributed by atoms with E-state index in [0.717, 1.165) is 18.9 Å². The highest BCUT2D eigenvalue weighted by atomic mass is 19.2. The number of hydrogen-bond acceptors (Lipinski definition) is 2. The van der Waals surface area contributed by atoms with Crippen molar-refractivity contribution in [3.05, 3.63) is 65.7 Å². The normalized spacial score (nSPS) is 25.7. The highest BCUT2D eigenvalue weighted by Gasteiger charge is 2.56. The van der Waals surface area contributed by atoms with Gasteiger partial charge in [-0.1, -0.05) is 6.07 Å². The van der Waals surface area contributed by atoms with E-state index in [0.29, 0.717) is 40.9 Å². The van der Waals surface area contributed by atoms with E-state index in [4.69, 9.17) is 0 Å². The molecule has 1 heterocycles.